The van der Waals surface area contributed by atoms with Gasteiger partial charge in [0.15, 0.2) is 0 Å². The molecule has 0 atom stereocenters. The Morgan fingerprint density at radius 2 is 2.00 bits per heavy atom. The maximum atomic E-state index is 12.5. The Hall–Kier alpha value is -2.41. The third-order valence-electron chi connectivity index (χ3n) is 4.87. The van der Waals surface area contributed by atoms with Gasteiger partial charge < -0.3 is 5.32 Å². The highest BCUT2D eigenvalue weighted by Gasteiger charge is 2.22. The molecule has 140 valence electrons. The van der Waals surface area contributed by atoms with Crippen molar-refractivity contribution in [2.45, 2.75) is 39.8 Å². The zero-order valence-electron chi connectivity index (χ0n) is 15.4. The summed E-state index contributed by atoms with van der Waals surface area (Å²) >= 11 is 3.55. The van der Waals surface area contributed by atoms with Crippen LogP contribution in [0.4, 0.5) is 5.69 Å². The molecule has 6 nitrogen and oxygen atoms in total. The van der Waals surface area contributed by atoms with E-state index in [0.29, 0.717) is 12.1 Å². The summed E-state index contributed by atoms with van der Waals surface area (Å²) < 4.78 is 4.91. The molecule has 2 aromatic heterocycles. The minimum Gasteiger partial charge on any atom is -0.319 e. The molecular formula is C20H22BrN5O. The fourth-order valence-electron chi connectivity index (χ4n) is 3.06. The second-order valence-electron chi connectivity index (χ2n) is 7.19. The Balaban J connectivity index is 1.39. The van der Waals surface area contributed by atoms with Gasteiger partial charge in [-0.2, -0.15) is 10.2 Å². The van der Waals surface area contributed by atoms with Crippen LogP contribution in [-0.2, 0) is 13.1 Å². The van der Waals surface area contributed by atoms with Crippen molar-refractivity contribution in [3.8, 4) is 0 Å². The number of nitrogens with zero attached hydrogens (tertiary/aromatic N) is 4. The van der Waals surface area contributed by atoms with Gasteiger partial charge in [-0.25, -0.2) is 0 Å². The molecule has 0 radical (unpaired) electrons. The molecule has 0 spiro atoms. The van der Waals surface area contributed by atoms with E-state index in [1.807, 2.05) is 53.7 Å². The van der Waals surface area contributed by atoms with Crippen LogP contribution >= 0.6 is 15.9 Å². The molecule has 0 bridgehead atoms. The summed E-state index contributed by atoms with van der Waals surface area (Å²) in [5, 5.41) is 11.8. The number of nitrogens with one attached hydrogen (secondary N) is 1. The Kier molecular flexibility index (Phi) is 4.86. The Bertz CT molecular complexity index is 969. The molecule has 3 aromatic rings. The minimum atomic E-state index is -0.124. The molecule has 1 aliphatic rings. The van der Waals surface area contributed by atoms with Gasteiger partial charge in [-0.15, -0.1) is 0 Å². The lowest BCUT2D eigenvalue weighted by Gasteiger charge is -2.07. The summed E-state index contributed by atoms with van der Waals surface area (Å²) in [4.78, 5) is 12.5. The minimum absolute atomic E-state index is 0.124. The van der Waals surface area contributed by atoms with Gasteiger partial charge in [0.2, 0.25) is 0 Å². The third-order valence-corrected chi connectivity index (χ3v) is 6.02. The van der Waals surface area contributed by atoms with E-state index in [1.165, 1.54) is 12.8 Å². The third kappa shape index (κ3) is 4.13. The van der Waals surface area contributed by atoms with Crippen LogP contribution in [0.3, 0.4) is 0 Å². The summed E-state index contributed by atoms with van der Waals surface area (Å²) in [5.74, 6) is 0.630. The smallest absolute Gasteiger partial charge is 0.255 e. The quantitative estimate of drug-likeness (QED) is 0.641. The van der Waals surface area contributed by atoms with Gasteiger partial charge in [0, 0.05) is 18.3 Å². The molecule has 2 heterocycles. The van der Waals surface area contributed by atoms with Gasteiger partial charge in [0.1, 0.15) is 0 Å². The van der Waals surface area contributed by atoms with E-state index in [-0.39, 0.29) is 5.91 Å². The molecule has 1 aliphatic carbocycles. The average Bonchev–Trinajstić information content (AvgIpc) is 3.31. The van der Waals surface area contributed by atoms with Crippen LogP contribution in [0.2, 0.25) is 0 Å². The summed E-state index contributed by atoms with van der Waals surface area (Å²) in [6.07, 6.45) is 6.16. The number of benzene rings is 1. The van der Waals surface area contributed by atoms with Crippen molar-refractivity contribution >= 4 is 27.5 Å². The van der Waals surface area contributed by atoms with Crippen LogP contribution in [0.25, 0.3) is 0 Å². The summed E-state index contributed by atoms with van der Waals surface area (Å²) in [7, 11) is 0. The highest BCUT2D eigenvalue weighted by molar-refractivity contribution is 9.10. The number of halogens is 1. The zero-order valence-corrected chi connectivity index (χ0v) is 17.0. The fraction of sp³-hybridized carbons (Fsp3) is 0.350. The predicted molar refractivity (Wildman–Crippen MR) is 108 cm³/mol. The van der Waals surface area contributed by atoms with E-state index in [0.717, 1.165) is 39.6 Å². The number of carbonyl (C=O) groups is 1. The summed E-state index contributed by atoms with van der Waals surface area (Å²) in [6.45, 7) is 5.63. The van der Waals surface area contributed by atoms with Crippen molar-refractivity contribution < 1.29 is 4.79 Å². The van der Waals surface area contributed by atoms with E-state index in [2.05, 4.69) is 31.4 Å². The molecule has 7 heteroatoms. The first-order chi connectivity index (χ1) is 13.0. The molecule has 27 heavy (non-hydrogen) atoms. The van der Waals surface area contributed by atoms with E-state index in [1.54, 1.807) is 6.20 Å². The monoisotopic (exact) mass is 427 g/mol. The fourth-order valence-corrected chi connectivity index (χ4v) is 3.34. The van der Waals surface area contributed by atoms with Gasteiger partial charge in [-0.05, 0) is 66.2 Å². The van der Waals surface area contributed by atoms with E-state index in [4.69, 9.17) is 0 Å². The lowest BCUT2D eigenvalue weighted by molar-refractivity contribution is 0.102. The van der Waals surface area contributed by atoms with Crippen LogP contribution in [0.1, 0.15) is 40.2 Å². The van der Waals surface area contributed by atoms with Gasteiger partial charge in [0.05, 0.1) is 34.3 Å². The molecule has 0 aliphatic heterocycles. The SMILES string of the molecule is Cc1nn(Cc2ccc(C(=O)Nc3cnn(CC4CC4)c3)cc2)c(C)c1Br. The van der Waals surface area contributed by atoms with Gasteiger partial charge in [-0.1, -0.05) is 12.1 Å². The zero-order chi connectivity index (χ0) is 19.0. The number of amides is 1. The standard InChI is InChI=1S/C20H22BrN5O/c1-13-19(21)14(2)26(24-13)11-16-5-7-17(8-6-16)20(27)23-18-9-22-25(12-18)10-15-3-4-15/h5-9,12,15H,3-4,10-11H2,1-2H3,(H,23,27). The summed E-state index contributed by atoms with van der Waals surface area (Å²) in [6, 6.07) is 7.63. The van der Waals surface area contributed by atoms with Crippen LogP contribution in [0.5, 0.6) is 0 Å². The lowest BCUT2D eigenvalue weighted by Crippen LogP contribution is -2.12. The number of anilines is 1. The predicted octanol–water partition coefficient (Wildman–Crippen LogP) is 4.17. The van der Waals surface area contributed by atoms with Crippen molar-refractivity contribution in [2.75, 3.05) is 5.32 Å². The topological polar surface area (TPSA) is 64.7 Å². The van der Waals surface area contributed by atoms with E-state index < -0.39 is 0 Å². The average molecular weight is 428 g/mol. The van der Waals surface area contributed by atoms with Crippen LogP contribution in [0.15, 0.2) is 41.1 Å². The molecule has 0 saturated heterocycles. The van der Waals surface area contributed by atoms with Crippen LogP contribution < -0.4 is 5.32 Å². The number of hydrogen-bond acceptors (Lipinski definition) is 3. The van der Waals surface area contributed by atoms with Crippen molar-refractivity contribution in [3.05, 3.63) is 63.6 Å². The number of rotatable bonds is 6. The highest BCUT2D eigenvalue weighted by Crippen LogP contribution is 2.30. The maximum absolute atomic E-state index is 12.5. The van der Waals surface area contributed by atoms with Crippen LogP contribution in [0, 0.1) is 19.8 Å². The lowest BCUT2D eigenvalue weighted by atomic mass is 10.1. The molecule has 1 saturated carbocycles. The second-order valence-corrected chi connectivity index (χ2v) is 7.98. The number of carbonyl (C=O) groups excluding carboxylic acids is 1. The van der Waals surface area contributed by atoms with Crippen molar-refractivity contribution in [1.82, 2.24) is 19.6 Å². The Morgan fingerprint density at radius 3 is 2.63 bits per heavy atom. The Morgan fingerprint density at radius 1 is 1.26 bits per heavy atom. The van der Waals surface area contributed by atoms with E-state index in [9.17, 15) is 4.79 Å². The molecular weight excluding hydrogens is 406 g/mol. The maximum Gasteiger partial charge on any atom is 0.255 e. The van der Waals surface area contributed by atoms with Gasteiger partial charge in [-0.3, -0.25) is 14.2 Å². The highest BCUT2D eigenvalue weighted by atomic mass is 79.9. The van der Waals surface area contributed by atoms with Crippen molar-refractivity contribution in [3.63, 3.8) is 0 Å². The van der Waals surface area contributed by atoms with Gasteiger partial charge in [0.25, 0.3) is 5.91 Å². The molecule has 1 amide bonds. The van der Waals surface area contributed by atoms with E-state index >= 15 is 0 Å². The second kappa shape index (κ2) is 7.31. The normalized spacial score (nSPS) is 13.7. The molecule has 1 N–H and O–H groups in total. The van der Waals surface area contributed by atoms with Crippen LogP contribution in [-0.4, -0.2) is 25.5 Å². The Labute approximate surface area is 166 Å². The number of aryl methyl sites for hydroxylation is 1. The van der Waals surface area contributed by atoms with Crippen molar-refractivity contribution in [2.24, 2.45) is 5.92 Å². The summed E-state index contributed by atoms with van der Waals surface area (Å²) in [5.41, 5.74) is 4.53. The molecule has 1 fully saturated rings. The first-order valence-electron chi connectivity index (χ1n) is 9.12. The first kappa shape index (κ1) is 18.0. The molecule has 4 rings (SSSR count). The number of aromatic nitrogens is 4. The van der Waals surface area contributed by atoms with Gasteiger partial charge >= 0.3 is 0 Å². The molecule has 0 unspecified atom stereocenters. The largest absolute Gasteiger partial charge is 0.319 e. The number of hydrogen-bond donors (Lipinski definition) is 1. The molecule has 1 aromatic carbocycles. The first-order valence-corrected chi connectivity index (χ1v) is 9.91. The van der Waals surface area contributed by atoms with Crippen molar-refractivity contribution in [1.29, 1.82) is 0 Å².